The lowest BCUT2D eigenvalue weighted by molar-refractivity contribution is 0.672. The number of benzene rings is 9. The monoisotopic (exact) mass is 620 g/mol. The van der Waals surface area contributed by atoms with Gasteiger partial charge >= 0.3 is 0 Å². The first kappa shape index (κ1) is 27.0. The second-order valence-electron chi connectivity index (χ2n) is 14.4. The van der Waals surface area contributed by atoms with E-state index in [4.69, 9.17) is 0 Å². The SMILES string of the molecule is CC1(C)c2c(ccc3cc(-c4cccc(-c5ccc6c7c(cccc57)-c5ccccc5-6)c4)ccc23)-c2c1c1ccccc1c1ccccc21. The van der Waals surface area contributed by atoms with Crippen molar-refractivity contribution >= 4 is 43.1 Å². The Morgan fingerprint density at radius 1 is 0.327 bits per heavy atom. The third kappa shape index (κ3) is 3.53. The van der Waals surface area contributed by atoms with Crippen LogP contribution in [0.2, 0.25) is 0 Å². The van der Waals surface area contributed by atoms with Crippen LogP contribution >= 0.6 is 0 Å². The zero-order valence-corrected chi connectivity index (χ0v) is 27.5. The third-order valence-electron chi connectivity index (χ3n) is 11.5. The van der Waals surface area contributed by atoms with Crippen molar-refractivity contribution in [2.24, 2.45) is 0 Å². The van der Waals surface area contributed by atoms with Gasteiger partial charge in [-0.05, 0) is 122 Å². The van der Waals surface area contributed by atoms with Crippen molar-refractivity contribution in [1.82, 2.24) is 0 Å². The molecule has 0 unspecified atom stereocenters. The summed E-state index contributed by atoms with van der Waals surface area (Å²) < 4.78 is 0. The van der Waals surface area contributed by atoms with Crippen molar-refractivity contribution in [3.63, 3.8) is 0 Å². The van der Waals surface area contributed by atoms with Gasteiger partial charge in [-0.15, -0.1) is 0 Å². The van der Waals surface area contributed by atoms with Crippen LogP contribution in [0.3, 0.4) is 0 Å². The van der Waals surface area contributed by atoms with Gasteiger partial charge in [-0.2, -0.15) is 0 Å². The molecule has 0 spiro atoms. The van der Waals surface area contributed by atoms with E-state index in [1.165, 1.54) is 110 Å². The van der Waals surface area contributed by atoms with Crippen LogP contribution < -0.4 is 0 Å². The first-order valence-corrected chi connectivity index (χ1v) is 17.4. The molecule has 0 nitrogen and oxygen atoms in total. The molecule has 0 heterocycles. The molecule has 2 aliphatic rings. The molecule has 0 heteroatoms. The number of hydrogen-bond donors (Lipinski definition) is 0. The molecule has 9 aromatic carbocycles. The van der Waals surface area contributed by atoms with Gasteiger partial charge in [-0.25, -0.2) is 0 Å². The zero-order chi connectivity index (χ0) is 32.4. The van der Waals surface area contributed by atoms with E-state index >= 15 is 0 Å². The Hall–Kier alpha value is -5.98. The lowest BCUT2D eigenvalue weighted by Gasteiger charge is -2.25. The lowest BCUT2D eigenvalue weighted by atomic mass is 9.77. The normalized spacial score (nSPS) is 13.7. The highest BCUT2D eigenvalue weighted by atomic mass is 14.4. The molecule has 0 fully saturated rings. The van der Waals surface area contributed by atoms with Crippen LogP contribution in [0.5, 0.6) is 0 Å². The minimum Gasteiger partial charge on any atom is -0.0616 e. The molecule has 0 saturated heterocycles. The van der Waals surface area contributed by atoms with E-state index in [2.05, 4.69) is 172 Å². The molecule has 0 bridgehead atoms. The van der Waals surface area contributed by atoms with E-state index in [0.717, 1.165) is 0 Å². The minimum atomic E-state index is -0.134. The molecule has 0 aromatic heterocycles. The largest absolute Gasteiger partial charge is 0.0616 e. The van der Waals surface area contributed by atoms with E-state index in [0.29, 0.717) is 0 Å². The van der Waals surface area contributed by atoms with Crippen molar-refractivity contribution in [3.8, 4) is 55.6 Å². The van der Waals surface area contributed by atoms with Crippen LogP contribution in [0.4, 0.5) is 0 Å². The summed E-state index contributed by atoms with van der Waals surface area (Å²) in [6.45, 7) is 4.85. The van der Waals surface area contributed by atoms with Gasteiger partial charge in [-0.1, -0.05) is 159 Å². The molecule has 11 rings (SSSR count). The Morgan fingerprint density at radius 2 is 0.898 bits per heavy atom. The summed E-state index contributed by atoms with van der Waals surface area (Å²) >= 11 is 0. The molecule has 9 aromatic rings. The van der Waals surface area contributed by atoms with E-state index < -0.39 is 0 Å². The molecule has 0 N–H and O–H groups in total. The summed E-state index contributed by atoms with van der Waals surface area (Å²) in [5, 5.41) is 10.7. The molecule has 0 amide bonds. The van der Waals surface area contributed by atoms with Gasteiger partial charge in [0.2, 0.25) is 0 Å². The number of fused-ring (bicyclic) bond motifs is 13. The summed E-state index contributed by atoms with van der Waals surface area (Å²) in [4.78, 5) is 0. The smallest absolute Gasteiger partial charge is 0.0171 e. The highest BCUT2D eigenvalue weighted by Crippen LogP contribution is 2.56. The summed E-state index contributed by atoms with van der Waals surface area (Å²) in [6.07, 6.45) is 0. The van der Waals surface area contributed by atoms with Crippen LogP contribution in [0.15, 0.2) is 158 Å². The first-order chi connectivity index (χ1) is 24.1. The van der Waals surface area contributed by atoms with E-state index in [9.17, 15) is 0 Å². The Kier molecular flexibility index (Phi) is 5.27. The zero-order valence-electron chi connectivity index (χ0n) is 27.5. The Morgan fingerprint density at radius 3 is 1.71 bits per heavy atom. The highest BCUT2D eigenvalue weighted by molar-refractivity contribution is 6.20. The van der Waals surface area contributed by atoms with E-state index in [1.807, 2.05) is 0 Å². The lowest BCUT2D eigenvalue weighted by Crippen LogP contribution is -2.16. The van der Waals surface area contributed by atoms with Crippen molar-refractivity contribution in [1.29, 1.82) is 0 Å². The molecule has 0 aliphatic heterocycles. The maximum absolute atomic E-state index is 2.42. The Labute approximate surface area is 285 Å². The quantitative estimate of drug-likeness (QED) is 0.169. The van der Waals surface area contributed by atoms with Gasteiger partial charge in [0.05, 0.1) is 0 Å². The standard InChI is InChI=1S/C49H32/c1-49(2)47-34-23-21-30(28-32(34)22-24-44(47)46-41-17-7-5-15-37(41)38-16-6-8-18-43(38)48(46)49)29-11-9-12-31(27-29)33-25-26-42-36-14-4-3-13-35(36)40-20-10-19-39(33)45(40)42/h3-28H,1-2H3. The van der Waals surface area contributed by atoms with Crippen LogP contribution in [0, 0.1) is 0 Å². The van der Waals surface area contributed by atoms with Crippen molar-refractivity contribution < 1.29 is 0 Å². The number of rotatable bonds is 2. The fourth-order valence-corrected chi connectivity index (χ4v) is 9.51. The Balaban J connectivity index is 1.06. The summed E-state index contributed by atoms with van der Waals surface area (Å²) in [6, 6.07) is 59.1. The van der Waals surface area contributed by atoms with Crippen molar-refractivity contribution in [3.05, 3.63) is 169 Å². The van der Waals surface area contributed by atoms with Crippen molar-refractivity contribution in [2.45, 2.75) is 19.3 Å². The first-order valence-electron chi connectivity index (χ1n) is 17.4. The summed E-state index contributed by atoms with van der Waals surface area (Å²) in [7, 11) is 0. The van der Waals surface area contributed by atoms with E-state index in [1.54, 1.807) is 0 Å². The van der Waals surface area contributed by atoms with Gasteiger partial charge in [-0.3, -0.25) is 0 Å². The molecular weight excluding hydrogens is 589 g/mol. The molecule has 0 saturated carbocycles. The predicted octanol–water partition coefficient (Wildman–Crippen LogP) is 13.6. The van der Waals surface area contributed by atoms with Crippen LogP contribution in [-0.4, -0.2) is 0 Å². The van der Waals surface area contributed by atoms with Crippen molar-refractivity contribution in [2.75, 3.05) is 0 Å². The average molecular weight is 621 g/mol. The topological polar surface area (TPSA) is 0 Å². The van der Waals surface area contributed by atoms with Gasteiger partial charge in [0.1, 0.15) is 0 Å². The number of hydrogen-bond acceptors (Lipinski definition) is 0. The molecule has 2 aliphatic carbocycles. The van der Waals surface area contributed by atoms with Crippen LogP contribution in [0.1, 0.15) is 25.0 Å². The van der Waals surface area contributed by atoms with Gasteiger partial charge in [0.25, 0.3) is 0 Å². The second-order valence-corrected chi connectivity index (χ2v) is 14.4. The summed E-state index contributed by atoms with van der Waals surface area (Å²) in [5.41, 5.74) is 15.9. The maximum atomic E-state index is 2.42. The van der Waals surface area contributed by atoms with Gasteiger partial charge in [0.15, 0.2) is 0 Å². The molecule has 228 valence electrons. The van der Waals surface area contributed by atoms with Crippen LogP contribution in [0.25, 0.3) is 98.7 Å². The molecule has 0 atom stereocenters. The van der Waals surface area contributed by atoms with Crippen LogP contribution in [-0.2, 0) is 5.41 Å². The second kappa shape index (κ2) is 9.56. The Bertz CT molecular complexity index is 2870. The van der Waals surface area contributed by atoms with Gasteiger partial charge < -0.3 is 0 Å². The maximum Gasteiger partial charge on any atom is 0.0171 e. The van der Waals surface area contributed by atoms with Gasteiger partial charge in [0, 0.05) is 5.41 Å². The molecular formula is C49H32. The average Bonchev–Trinajstić information content (AvgIpc) is 3.61. The summed E-state index contributed by atoms with van der Waals surface area (Å²) in [5.74, 6) is 0. The van der Waals surface area contributed by atoms with E-state index in [-0.39, 0.29) is 5.41 Å². The predicted molar refractivity (Wildman–Crippen MR) is 209 cm³/mol. The third-order valence-corrected chi connectivity index (χ3v) is 11.5. The fraction of sp³-hybridized carbons (Fsp3) is 0.0612. The molecule has 0 radical (unpaired) electrons. The molecule has 49 heavy (non-hydrogen) atoms. The fourth-order valence-electron chi connectivity index (χ4n) is 9.51. The minimum absolute atomic E-state index is 0.134. The highest BCUT2D eigenvalue weighted by Gasteiger charge is 2.39.